The summed E-state index contributed by atoms with van der Waals surface area (Å²) in [5, 5.41) is 0. The summed E-state index contributed by atoms with van der Waals surface area (Å²) >= 11 is 0. The van der Waals surface area contributed by atoms with E-state index in [0.717, 1.165) is 25.5 Å². The van der Waals surface area contributed by atoms with Crippen molar-refractivity contribution in [1.82, 2.24) is 4.90 Å². The number of likely N-dealkylation sites (tertiary alicyclic amines) is 1. The molecule has 1 saturated heterocycles. The molecule has 5 heteroatoms. The summed E-state index contributed by atoms with van der Waals surface area (Å²) in [6.07, 6.45) is -0.638. The Labute approximate surface area is 87.4 Å². The fraction of sp³-hybridized carbons (Fsp3) is 0.900. The molecule has 0 aromatic heterocycles. The van der Waals surface area contributed by atoms with Gasteiger partial charge in [-0.15, -0.1) is 0 Å². The van der Waals surface area contributed by atoms with Crippen molar-refractivity contribution in [2.45, 2.75) is 44.3 Å². The van der Waals surface area contributed by atoms with Gasteiger partial charge in [-0.25, -0.2) is 0 Å². The Morgan fingerprint density at radius 3 is 2.60 bits per heavy atom. The molecule has 0 bridgehead atoms. The van der Waals surface area contributed by atoms with Crippen molar-refractivity contribution in [3.63, 3.8) is 0 Å². The van der Waals surface area contributed by atoms with Gasteiger partial charge in [-0.1, -0.05) is 12.8 Å². The zero-order chi connectivity index (χ0) is 11.3. The smallest absolute Gasteiger partial charge is 0.302 e. The van der Waals surface area contributed by atoms with Gasteiger partial charge in [-0.3, -0.25) is 4.90 Å². The average molecular weight is 223 g/mol. The number of hydrogen-bond donors (Lipinski definition) is 0. The maximum absolute atomic E-state index is 12.0. The van der Waals surface area contributed by atoms with Crippen LogP contribution in [0.5, 0.6) is 0 Å². The monoisotopic (exact) mass is 223 g/mol. The van der Waals surface area contributed by atoms with Crippen LogP contribution in [0.4, 0.5) is 13.2 Å². The van der Waals surface area contributed by atoms with Crippen molar-refractivity contribution in [3.8, 4) is 0 Å². The summed E-state index contributed by atoms with van der Waals surface area (Å²) in [4.78, 5) is 12.4. The SMILES string of the molecule is O=CC1CCCCCN1CCC(F)(F)F. The first-order chi connectivity index (χ1) is 7.03. The lowest BCUT2D eigenvalue weighted by molar-refractivity contribution is -0.140. The van der Waals surface area contributed by atoms with Crippen molar-refractivity contribution in [2.24, 2.45) is 0 Å². The fourth-order valence-corrected chi connectivity index (χ4v) is 1.90. The molecule has 0 aromatic carbocycles. The van der Waals surface area contributed by atoms with Crippen molar-refractivity contribution in [2.75, 3.05) is 13.1 Å². The van der Waals surface area contributed by atoms with Crippen molar-refractivity contribution >= 4 is 6.29 Å². The lowest BCUT2D eigenvalue weighted by Gasteiger charge is -2.25. The second kappa shape index (κ2) is 5.49. The van der Waals surface area contributed by atoms with Gasteiger partial charge in [0.1, 0.15) is 6.29 Å². The van der Waals surface area contributed by atoms with Crippen LogP contribution in [-0.2, 0) is 4.79 Å². The number of rotatable bonds is 3. The zero-order valence-corrected chi connectivity index (χ0v) is 8.59. The number of nitrogens with zero attached hydrogens (tertiary/aromatic N) is 1. The van der Waals surface area contributed by atoms with Crippen LogP contribution < -0.4 is 0 Å². The summed E-state index contributed by atoms with van der Waals surface area (Å²) in [5.41, 5.74) is 0. The lowest BCUT2D eigenvalue weighted by Crippen LogP contribution is -2.38. The van der Waals surface area contributed by atoms with Gasteiger partial charge in [0.15, 0.2) is 0 Å². The topological polar surface area (TPSA) is 20.3 Å². The first-order valence-corrected chi connectivity index (χ1v) is 5.29. The Morgan fingerprint density at radius 1 is 1.27 bits per heavy atom. The van der Waals surface area contributed by atoms with E-state index in [0.29, 0.717) is 13.0 Å². The molecule has 1 rings (SSSR count). The van der Waals surface area contributed by atoms with E-state index in [1.54, 1.807) is 4.90 Å². The number of carbonyl (C=O) groups is 1. The summed E-state index contributed by atoms with van der Waals surface area (Å²) in [5.74, 6) is 0. The van der Waals surface area contributed by atoms with E-state index >= 15 is 0 Å². The third-order valence-electron chi connectivity index (χ3n) is 2.75. The Hall–Kier alpha value is -0.580. The average Bonchev–Trinajstić information content (AvgIpc) is 2.37. The van der Waals surface area contributed by atoms with Gasteiger partial charge in [0.05, 0.1) is 12.5 Å². The van der Waals surface area contributed by atoms with Crippen molar-refractivity contribution in [3.05, 3.63) is 0 Å². The van der Waals surface area contributed by atoms with Crippen molar-refractivity contribution < 1.29 is 18.0 Å². The maximum atomic E-state index is 12.0. The summed E-state index contributed by atoms with van der Waals surface area (Å²) < 4.78 is 36.1. The third-order valence-corrected chi connectivity index (χ3v) is 2.75. The minimum atomic E-state index is -4.13. The van der Waals surface area contributed by atoms with Gasteiger partial charge in [0.2, 0.25) is 0 Å². The number of alkyl halides is 3. The second-order valence-corrected chi connectivity index (χ2v) is 3.95. The number of carbonyl (C=O) groups excluding carboxylic acids is 1. The molecular formula is C10H16F3NO. The molecule has 88 valence electrons. The second-order valence-electron chi connectivity index (χ2n) is 3.95. The molecule has 0 spiro atoms. The molecular weight excluding hydrogens is 207 g/mol. The summed E-state index contributed by atoms with van der Waals surface area (Å²) in [6.45, 7) is 0.562. The zero-order valence-electron chi connectivity index (χ0n) is 8.59. The first-order valence-electron chi connectivity index (χ1n) is 5.29. The molecule has 0 aliphatic carbocycles. The number of hydrogen-bond acceptors (Lipinski definition) is 2. The van der Waals surface area contributed by atoms with Gasteiger partial charge < -0.3 is 4.79 Å². The van der Waals surface area contributed by atoms with Crippen LogP contribution in [-0.4, -0.2) is 36.5 Å². The Balaban J connectivity index is 2.44. The Bertz CT molecular complexity index is 205. The van der Waals surface area contributed by atoms with E-state index in [-0.39, 0.29) is 12.6 Å². The van der Waals surface area contributed by atoms with Crippen LogP contribution in [0.2, 0.25) is 0 Å². The quantitative estimate of drug-likeness (QED) is 0.685. The van der Waals surface area contributed by atoms with Crippen LogP contribution in [0, 0.1) is 0 Å². The highest BCUT2D eigenvalue weighted by Crippen LogP contribution is 2.22. The molecule has 1 atom stereocenters. The van der Waals surface area contributed by atoms with Crippen LogP contribution in [0.15, 0.2) is 0 Å². The molecule has 2 nitrogen and oxygen atoms in total. The standard InChI is InChI=1S/C10H16F3NO/c11-10(12,13)5-7-14-6-3-1-2-4-9(14)8-15/h8-9H,1-7H2. The highest BCUT2D eigenvalue weighted by molar-refractivity contribution is 5.57. The van der Waals surface area contributed by atoms with E-state index < -0.39 is 12.6 Å². The van der Waals surface area contributed by atoms with Crippen LogP contribution in [0.3, 0.4) is 0 Å². The van der Waals surface area contributed by atoms with E-state index in [2.05, 4.69) is 0 Å². The predicted molar refractivity (Wildman–Crippen MR) is 50.6 cm³/mol. The molecule has 1 heterocycles. The Kier molecular flexibility index (Phi) is 4.57. The molecule has 1 aliphatic heterocycles. The van der Waals surface area contributed by atoms with Gasteiger partial charge >= 0.3 is 6.18 Å². The molecule has 1 fully saturated rings. The molecule has 1 unspecified atom stereocenters. The van der Waals surface area contributed by atoms with E-state index in [1.165, 1.54) is 0 Å². The van der Waals surface area contributed by atoms with Gasteiger partial charge in [-0.05, 0) is 19.4 Å². The van der Waals surface area contributed by atoms with E-state index in [1.807, 2.05) is 0 Å². The lowest BCUT2D eigenvalue weighted by atomic mass is 10.1. The minimum Gasteiger partial charge on any atom is -0.302 e. The molecule has 15 heavy (non-hydrogen) atoms. The highest BCUT2D eigenvalue weighted by Gasteiger charge is 2.29. The van der Waals surface area contributed by atoms with E-state index in [4.69, 9.17) is 0 Å². The first kappa shape index (κ1) is 12.5. The molecule has 0 radical (unpaired) electrons. The molecule has 0 saturated carbocycles. The van der Waals surface area contributed by atoms with Gasteiger partial charge in [0, 0.05) is 6.54 Å². The predicted octanol–water partition coefficient (Wildman–Crippen LogP) is 2.38. The van der Waals surface area contributed by atoms with Gasteiger partial charge in [0.25, 0.3) is 0 Å². The molecule has 0 amide bonds. The molecule has 1 aliphatic rings. The summed E-state index contributed by atoms with van der Waals surface area (Å²) in [6, 6.07) is -0.310. The van der Waals surface area contributed by atoms with Crippen molar-refractivity contribution in [1.29, 1.82) is 0 Å². The number of aldehydes is 1. The molecule has 0 N–H and O–H groups in total. The number of halogens is 3. The van der Waals surface area contributed by atoms with Crippen LogP contribution in [0.25, 0.3) is 0 Å². The van der Waals surface area contributed by atoms with Gasteiger partial charge in [-0.2, -0.15) is 13.2 Å². The third kappa shape index (κ3) is 4.64. The normalized spacial score (nSPS) is 24.9. The highest BCUT2D eigenvalue weighted by atomic mass is 19.4. The fourth-order valence-electron chi connectivity index (χ4n) is 1.90. The van der Waals surface area contributed by atoms with Crippen LogP contribution >= 0.6 is 0 Å². The van der Waals surface area contributed by atoms with E-state index in [9.17, 15) is 18.0 Å². The van der Waals surface area contributed by atoms with Crippen LogP contribution in [0.1, 0.15) is 32.1 Å². The maximum Gasteiger partial charge on any atom is 0.390 e. The largest absolute Gasteiger partial charge is 0.390 e. The molecule has 0 aromatic rings. The Morgan fingerprint density at radius 2 is 2.00 bits per heavy atom. The summed E-state index contributed by atoms with van der Waals surface area (Å²) in [7, 11) is 0. The minimum absolute atomic E-state index is 0.0487.